The predicted molar refractivity (Wildman–Crippen MR) is 66.9 cm³/mol. The van der Waals surface area contributed by atoms with E-state index in [0.29, 0.717) is 12.2 Å². The molecular weight excluding hydrogens is 236 g/mol. The number of hydrogen-bond acceptors (Lipinski definition) is 5. The fourth-order valence-electron chi connectivity index (χ4n) is 2.07. The smallest absolute Gasteiger partial charge is 0.358 e. The molecule has 0 saturated heterocycles. The van der Waals surface area contributed by atoms with Crippen LogP contribution in [0, 0.1) is 0 Å². The van der Waals surface area contributed by atoms with E-state index in [1.54, 1.807) is 5.38 Å². The first-order valence-corrected chi connectivity index (χ1v) is 7.03. The van der Waals surface area contributed by atoms with E-state index < -0.39 is 0 Å². The van der Waals surface area contributed by atoms with E-state index in [2.05, 4.69) is 4.98 Å². The Kier molecular flexibility index (Phi) is 4.50. The van der Waals surface area contributed by atoms with Crippen LogP contribution in [0.4, 0.5) is 0 Å². The molecule has 0 unspecified atom stereocenters. The van der Waals surface area contributed by atoms with E-state index in [9.17, 15) is 4.79 Å². The highest BCUT2D eigenvalue weighted by atomic mass is 32.1. The molecule has 1 aliphatic rings. The molecule has 1 aliphatic carbocycles. The highest BCUT2D eigenvalue weighted by Gasteiger charge is 2.19. The van der Waals surface area contributed by atoms with Crippen molar-refractivity contribution in [3.63, 3.8) is 0 Å². The monoisotopic (exact) mass is 254 g/mol. The van der Waals surface area contributed by atoms with Gasteiger partial charge in [0.2, 0.25) is 0 Å². The first-order chi connectivity index (χ1) is 8.29. The summed E-state index contributed by atoms with van der Waals surface area (Å²) in [5.74, 6) is -0.298. The Bertz CT molecular complexity index is 370. The van der Waals surface area contributed by atoms with Gasteiger partial charge in [-0.1, -0.05) is 12.8 Å². The predicted octanol–water partition coefficient (Wildman–Crippen LogP) is 2.48. The van der Waals surface area contributed by atoms with Gasteiger partial charge in [-0.2, -0.15) is 0 Å². The van der Waals surface area contributed by atoms with Crippen LogP contribution in [0.2, 0.25) is 0 Å². The molecule has 0 spiro atoms. The summed E-state index contributed by atoms with van der Waals surface area (Å²) in [6.45, 7) is 0.376. The van der Waals surface area contributed by atoms with Gasteiger partial charge in [0.15, 0.2) is 5.69 Å². The van der Waals surface area contributed by atoms with Gasteiger partial charge in [0.05, 0.1) is 0 Å². The zero-order chi connectivity index (χ0) is 12.1. The number of aromatic nitrogens is 1. The molecule has 5 heteroatoms. The van der Waals surface area contributed by atoms with Crippen LogP contribution >= 0.6 is 11.3 Å². The fraction of sp³-hybridized carbons (Fsp3) is 0.667. The van der Waals surface area contributed by atoms with E-state index in [1.165, 1.54) is 24.2 Å². The summed E-state index contributed by atoms with van der Waals surface area (Å²) in [7, 11) is 0. The molecule has 1 fully saturated rings. The molecule has 1 heterocycles. The Morgan fingerprint density at radius 1 is 1.41 bits per heavy atom. The van der Waals surface area contributed by atoms with E-state index >= 15 is 0 Å². The highest BCUT2D eigenvalue weighted by molar-refractivity contribution is 7.09. The van der Waals surface area contributed by atoms with E-state index in [-0.39, 0.29) is 12.1 Å². The number of nitrogens with two attached hydrogens (primary N) is 1. The van der Waals surface area contributed by atoms with Crippen LogP contribution in [-0.4, -0.2) is 17.1 Å². The number of esters is 1. The van der Waals surface area contributed by atoms with E-state index in [4.69, 9.17) is 10.5 Å². The number of thiazole rings is 1. The van der Waals surface area contributed by atoms with Gasteiger partial charge in [-0.3, -0.25) is 0 Å². The largest absolute Gasteiger partial charge is 0.458 e. The van der Waals surface area contributed by atoms with E-state index in [1.807, 2.05) is 0 Å². The van der Waals surface area contributed by atoms with Gasteiger partial charge in [0, 0.05) is 11.9 Å². The van der Waals surface area contributed by atoms with Crippen LogP contribution in [0.25, 0.3) is 0 Å². The number of carbonyl (C=O) groups is 1. The molecule has 2 rings (SSSR count). The Labute approximate surface area is 105 Å². The van der Waals surface area contributed by atoms with Crippen molar-refractivity contribution >= 4 is 17.3 Å². The van der Waals surface area contributed by atoms with Gasteiger partial charge < -0.3 is 10.5 Å². The molecule has 94 valence electrons. The maximum absolute atomic E-state index is 11.8. The van der Waals surface area contributed by atoms with Gasteiger partial charge in [-0.05, 0) is 25.7 Å². The lowest BCUT2D eigenvalue weighted by atomic mass is 10.1. The number of rotatable bonds is 3. The summed E-state index contributed by atoms with van der Waals surface area (Å²) < 4.78 is 5.48. The van der Waals surface area contributed by atoms with Crippen LogP contribution < -0.4 is 5.73 Å². The quantitative estimate of drug-likeness (QED) is 0.665. The molecule has 17 heavy (non-hydrogen) atoms. The average Bonchev–Trinajstić information content (AvgIpc) is 2.68. The number of ether oxygens (including phenoxy) is 1. The van der Waals surface area contributed by atoms with Crippen LogP contribution in [0.3, 0.4) is 0 Å². The second-order valence-electron chi connectivity index (χ2n) is 4.35. The maximum atomic E-state index is 11.8. The first kappa shape index (κ1) is 12.5. The third-order valence-electron chi connectivity index (χ3n) is 3.01. The van der Waals surface area contributed by atoms with Crippen LogP contribution in [0.1, 0.15) is 54.0 Å². The molecular formula is C12H18N2O2S. The summed E-state index contributed by atoms with van der Waals surface area (Å²) in [5.41, 5.74) is 5.87. The molecule has 1 aromatic rings. The van der Waals surface area contributed by atoms with Crippen molar-refractivity contribution in [1.82, 2.24) is 4.98 Å². The Morgan fingerprint density at radius 3 is 2.71 bits per heavy atom. The minimum absolute atomic E-state index is 0.0769. The third-order valence-corrected chi connectivity index (χ3v) is 3.88. The van der Waals surface area contributed by atoms with Gasteiger partial charge >= 0.3 is 5.97 Å². The van der Waals surface area contributed by atoms with Crippen LogP contribution in [-0.2, 0) is 11.3 Å². The zero-order valence-corrected chi connectivity index (χ0v) is 10.7. The normalized spacial score (nSPS) is 17.7. The third kappa shape index (κ3) is 3.51. The Hall–Kier alpha value is -0.940. The minimum atomic E-state index is -0.298. The van der Waals surface area contributed by atoms with Crippen molar-refractivity contribution in [2.45, 2.75) is 51.2 Å². The summed E-state index contributed by atoms with van der Waals surface area (Å²) in [5, 5.41) is 2.50. The van der Waals surface area contributed by atoms with Crippen molar-refractivity contribution in [3.8, 4) is 0 Å². The molecule has 4 nitrogen and oxygen atoms in total. The lowest BCUT2D eigenvalue weighted by Crippen LogP contribution is -2.18. The molecule has 0 radical (unpaired) electrons. The summed E-state index contributed by atoms with van der Waals surface area (Å²) in [6, 6.07) is 0. The lowest BCUT2D eigenvalue weighted by molar-refractivity contribution is 0.0261. The first-order valence-electron chi connectivity index (χ1n) is 6.15. The molecule has 1 saturated carbocycles. The number of carbonyl (C=O) groups excluding carboxylic acids is 1. The average molecular weight is 254 g/mol. The Morgan fingerprint density at radius 2 is 2.12 bits per heavy atom. The van der Waals surface area contributed by atoms with Crippen LogP contribution in [0.15, 0.2) is 5.38 Å². The van der Waals surface area contributed by atoms with Crippen molar-refractivity contribution in [3.05, 3.63) is 16.1 Å². The summed E-state index contributed by atoms with van der Waals surface area (Å²) in [6.07, 6.45) is 6.86. The van der Waals surface area contributed by atoms with Gasteiger partial charge in [0.25, 0.3) is 0 Å². The molecule has 0 amide bonds. The topological polar surface area (TPSA) is 65.2 Å². The summed E-state index contributed by atoms with van der Waals surface area (Å²) in [4.78, 5) is 16.0. The van der Waals surface area contributed by atoms with Crippen molar-refractivity contribution in [1.29, 1.82) is 0 Å². The molecule has 2 N–H and O–H groups in total. The second-order valence-corrected chi connectivity index (χ2v) is 5.29. The fourth-order valence-corrected chi connectivity index (χ4v) is 2.71. The maximum Gasteiger partial charge on any atom is 0.358 e. The lowest BCUT2D eigenvalue weighted by Gasteiger charge is -2.14. The van der Waals surface area contributed by atoms with Crippen molar-refractivity contribution < 1.29 is 9.53 Å². The van der Waals surface area contributed by atoms with Crippen LogP contribution in [0.5, 0.6) is 0 Å². The zero-order valence-electron chi connectivity index (χ0n) is 9.85. The standard InChI is InChI=1S/C12H18N2O2S/c13-7-11-14-10(8-17-11)12(15)16-9-5-3-1-2-4-6-9/h8-9H,1-7,13H2. The van der Waals surface area contributed by atoms with Crippen molar-refractivity contribution in [2.75, 3.05) is 0 Å². The molecule has 1 aromatic heterocycles. The van der Waals surface area contributed by atoms with Gasteiger partial charge in [0.1, 0.15) is 11.1 Å². The van der Waals surface area contributed by atoms with E-state index in [0.717, 1.165) is 30.7 Å². The number of nitrogens with zero attached hydrogens (tertiary/aromatic N) is 1. The number of hydrogen-bond donors (Lipinski definition) is 1. The molecule has 0 bridgehead atoms. The SMILES string of the molecule is NCc1nc(C(=O)OC2CCCCCC2)cs1. The molecule has 0 aliphatic heterocycles. The molecule has 0 aromatic carbocycles. The minimum Gasteiger partial charge on any atom is -0.458 e. The second kappa shape index (κ2) is 6.12. The Balaban J connectivity index is 1.91. The van der Waals surface area contributed by atoms with Gasteiger partial charge in [-0.15, -0.1) is 11.3 Å². The molecule has 0 atom stereocenters. The van der Waals surface area contributed by atoms with Crippen molar-refractivity contribution in [2.24, 2.45) is 5.73 Å². The van der Waals surface area contributed by atoms with Gasteiger partial charge in [-0.25, -0.2) is 9.78 Å². The summed E-state index contributed by atoms with van der Waals surface area (Å²) >= 11 is 1.41. The highest BCUT2D eigenvalue weighted by Crippen LogP contribution is 2.21.